The van der Waals surface area contributed by atoms with Gasteiger partial charge in [-0.2, -0.15) is 10.4 Å². The Labute approximate surface area is 138 Å². The van der Waals surface area contributed by atoms with Crippen LogP contribution in [0.2, 0.25) is 0 Å². The van der Waals surface area contributed by atoms with Crippen LogP contribution in [0.3, 0.4) is 0 Å². The standard InChI is InChI=1S/C18H14N4O2/c1-12-3-5-14(6-4-12)16-10-15(18(23)24-2)21-22(16)17-9-13(11-19)7-8-20-17/h3-10H,1-2H3. The van der Waals surface area contributed by atoms with Gasteiger partial charge in [0.1, 0.15) is 0 Å². The molecule has 0 amide bonds. The highest BCUT2D eigenvalue weighted by atomic mass is 16.5. The van der Waals surface area contributed by atoms with Crippen molar-refractivity contribution in [2.45, 2.75) is 6.92 Å². The molecule has 0 aliphatic heterocycles. The molecule has 2 aromatic heterocycles. The number of carbonyl (C=O) groups excluding carboxylic acids is 1. The van der Waals surface area contributed by atoms with Crippen LogP contribution < -0.4 is 0 Å². The van der Waals surface area contributed by atoms with E-state index in [9.17, 15) is 4.79 Å². The molecule has 0 atom stereocenters. The summed E-state index contributed by atoms with van der Waals surface area (Å²) < 4.78 is 6.29. The van der Waals surface area contributed by atoms with E-state index >= 15 is 0 Å². The first-order valence-corrected chi connectivity index (χ1v) is 7.24. The molecule has 118 valence electrons. The summed E-state index contributed by atoms with van der Waals surface area (Å²) in [5.41, 5.74) is 3.34. The van der Waals surface area contributed by atoms with Crippen LogP contribution in [0.1, 0.15) is 21.6 Å². The van der Waals surface area contributed by atoms with Gasteiger partial charge in [0, 0.05) is 17.8 Å². The maximum Gasteiger partial charge on any atom is 0.358 e. The number of aromatic nitrogens is 3. The van der Waals surface area contributed by atoms with Crippen molar-refractivity contribution < 1.29 is 9.53 Å². The van der Waals surface area contributed by atoms with Crippen LogP contribution in [-0.2, 0) is 4.74 Å². The topological polar surface area (TPSA) is 80.8 Å². The van der Waals surface area contributed by atoms with Crippen LogP contribution in [0.15, 0.2) is 48.7 Å². The summed E-state index contributed by atoms with van der Waals surface area (Å²) in [4.78, 5) is 16.1. The minimum atomic E-state index is -0.529. The van der Waals surface area contributed by atoms with Crippen LogP contribution in [-0.4, -0.2) is 27.8 Å². The first-order valence-electron chi connectivity index (χ1n) is 7.24. The van der Waals surface area contributed by atoms with Gasteiger partial charge in [-0.25, -0.2) is 14.5 Å². The molecule has 0 saturated carbocycles. The van der Waals surface area contributed by atoms with Crippen LogP contribution in [0.4, 0.5) is 0 Å². The molecule has 0 bridgehead atoms. The summed E-state index contributed by atoms with van der Waals surface area (Å²) in [5.74, 6) is -0.0710. The average molecular weight is 318 g/mol. The second kappa shape index (κ2) is 6.34. The summed E-state index contributed by atoms with van der Waals surface area (Å²) in [6.45, 7) is 2.00. The molecule has 0 N–H and O–H groups in total. The highest BCUT2D eigenvalue weighted by Crippen LogP contribution is 2.24. The Morgan fingerprint density at radius 1 is 1.21 bits per heavy atom. The van der Waals surface area contributed by atoms with Gasteiger partial charge in [-0.3, -0.25) is 0 Å². The lowest BCUT2D eigenvalue weighted by Gasteiger charge is -2.07. The Morgan fingerprint density at radius 3 is 2.62 bits per heavy atom. The molecular formula is C18H14N4O2. The summed E-state index contributed by atoms with van der Waals surface area (Å²) in [6, 6.07) is 14.8. The van der Waals surface area contributed by atoms with E-state index in [-0.39, 0.29) is 5.69 Å². The molecule has 3 aromatic rings. The smallest absolute Gasteiger partial charge is 0.358 e. The van der Waals surface area contributed by atoms with Gasteiger partial charge >= 0.3 is 5.97 Å². The van der Waals surface area contributed by atoms with Gasteiger partial charge in [-0.1, -0.05) is 29.8 Å². The highest BCUT2D eigenvalue weighted by Gasteiger charge is 2.18. The van der Waals surface area contributed by atoms with E-state index in [1.165, 1.54) is 18.0 Å². The fourth-order valence-corrected chi connectivity index (χ4v) is 2.29. The second-order valence-corrected chi connectivity index (χ2v) is 5.20. The molecular weight excluding hydrogens is 304 g/mol. The predicted octanol–water partition coefficient (Wildman–Crippen LogP) is 2.90. The third-order valence-corrected chi connectivity index (χ3v) is 3.54. The molecule has 0 aliphatic carbocycles. The summed E-state index contributed by atoms with van der Waals surface area (Å²) >= 11 is 0. The van der Waals surface area contributed by atoms with Gasteiger partial charge in [-0.05, 0) is 19.1 Å². The van der Waals surface area contributed by atoms with Crippen molar-refractivity contribution in [3.8, 4) is 23.1 Å². The largest absolute Gasteiger partial charge is 0.464 e. The number of benzene rings is 1. The Kier molecular flexibility index (Phi) is 4.08. The van der Waals surface area contributed by atoms with Crippen molar-refractivity contribution in [3.05, 3.63) is 65.5 Å². The summed E-state index contributed by atoms with van der Waals surface area (Å²) in [7, 11) is 1.31. The zero-order valence-corrected chi connectivity index (χ0v) is 13.2. The van der Waals surface area contributed by atoms with Crippen molar-refractivity contribution in [1.29, 1.82) is 5.26 Å². The number of rotatable bonds is 3. The first kappa shape index (κ1) is 15.4. The quantitative estimate of drug-likeness (QED) is 0.694. The molecule has 0 spiro atoms. The van der Waals surface area contributed by atoms with E-state index in [1.807, 2.05) is 31.2 Å². The first-order chi connectivity index (χ1) is 11.6. The van der Waals surface area contributed by atoms with Gasteiger partial charge < -0.3 is 4.74 Å². The van der Waals surface area contributed by atoms with Crippen molar-refractivity contribution in [1.82, 2.24) is 14.8 Å². The number of aryl methyl sites for hydroxylation is 1. The molecule has 6 heteroatoms. The maximum absolute atomic E-state index is 11.8. The number of methoxy groups -OCH3 is 1. The predicted molar refractivity (Wildman–Crippen MR) is 87.6 cm³/mol. The number of hydrogen-bond acceptors (Lipinski definition) is 5. The Bertz CT molecular complexity index is 936. The molecule has 0 saturated heterocycles. The van der Waals surface area contributed by atoms with E-state index in [2.05, 4.69) is 16.2 Å². The van der Waals surface area contributed by atoms with Crippen LogP contribution in [0.5, 0.6) is 0 Å². The van der Waals surface area contributed by atoms with Crippen LogP contribution in [0.25, 0.3) is 17.1 Å². The van der Waals surface area contributed by atoms with Gasteiger partial charge in [0.05, 0.1) is 24.4 Å². The fraction of sp³-hybridized carbons (Fsp3) is 0.111. The number of carbonyl (C=O) groups is 1. The van der Waals surface area contributed by atoms with Crippen LogP contribution in [0, 0.1) is 18.3 Å². The molecule has 0 fully saturated rings. The number of hydrogen-bond donors (Lipinski definition) is 0. The monoisotopic (exact) mass is 318 g/mol. The van der Waals surface area contributed by atoms with Crippen molar-refractivity contribution >= 4 is 5.97 Å². The van der Waals surface area contributed by atoms with E-state index in [4.69, 9.17) is 10.00 Å². The zero-order valence-electron chi connectivity index (χ0n) is 13.2. The lowest BCUT2D eigenvalue weighted by atomic mass is 10.1. The summed E-state index contributed by atoms with van der Waals surface area (Å²) in [5, 5.41) is 13.4. The average Bonchev–Trinajstić information content (AvgIpc) is 3.07. The summed E-state index contributed by atoms with van der Waals surface area (Å²) in [6.07, 6.45) is 1.53. The molecule has 6 nitrogen and oxygen atoms in total. The molecule has 0 radical (unpaired) electrons. The van der Waals surface area contributed by atoms with Gasteiger partial charge in [0.15, 0.2) is 11.5 Å². The normalized spacial score (nSPS) is 10.2. The Balaban J connectivity index is 2.19. The van der Waals surface area contributed by atoms with Gasteiger partial charge in [0.25, 0.3) is 0 Å². The minimum absolute atomic E-state index is 0.178. The van der Waals surface area contributed by atoms with Crippen molar-refractivity contribution in [2.24, 2.45) is 0 Å². The lowest BCUT2D eigenvalue weighted by molar-refractivity contribution is 0.0593. The van der Waals surface area contributed by atoms with Crippen molar-refractivity contribution in [3.63, 3.8) is 0 Å². The maximum atomic E-state index is 11.8. The minimum Gasteiger partial charge on any atom is -0.464 e. The molecule has 2 heterocycles. The molecule has 0 unspecified atom stereocenters. The number of nitrogens with zero attached hydrogens (tertiary/aromatic N) is 4. The number of ether oxygens (including phenoxy) is 1. The SMILES string of the molecule is COC(=O)c1cc(-c2ccc(C)cc2)n(-c2cc(C#N)ccn2)n1. The van der Waals surface area contributed by atoms with Crippen molar-refractivity contribution in [2.75, 3.05) is 7.11 Å². The molecule has 24 heavy (non-hydrogen) atoms. The molecule has 1 aromatic carbocycles. The van der Waals surface area contributed by atoms with Crippen LogP contribution >= 0.6 is 0 Å². The third kappa shape index (κ3) is 2.88. The Hall–Kier alpha value is -3.46. The van der Waals surface area contributed by atoms with E-state index < -0.39 is 5.97 Å². The zero-order chi connectivity index (χ0) is 17.1. The van der Waals surface area contributed by atoms with Gasteiger partial charge in [-0.15, -0.1) is 0 Å². The second-order valence-electron chi connectivity index (χ2n) is 5.20. The molecule has 3 rings (SSSR count). The van der Waals surface area contributed by atoms with Gasteiger partial charge in [0.2, 0.25) is 0 Å². The van der Waals surface area contributed by atoms with E-state index in [1.54, 1.807) is 18.2 Å². The number of pyridine rings is 1. The van der Waals surface area contributed by atoms with E-state index in [0.29, 0.717) is 17.1 Å². The third-order valence-electron chi connectivity index (χ3n) is 3.54. The Morgan fingerprint density at radius 2 is 1.96 bits per heavy atom. The molecule has 0 aliphatic rings. The highest BCUT2D eigenvalue weighted by molar-refractivity contribution is 5.88. The van der Waals surface area contributed by atoms with E-state index in [0.717, 1.165) is 11.1 Å². The fourth-order valence-electron chi connectivity index (χ4n) is 2.29. The lowest BCUT2D eigenvalue weighted by Crippen LogP contribution is -2.06. The number of nitriles is 1. The number of esters is 1.